The molecule has 2 unspecified atom stereocenters. The molecule has 0 aromatic rings. The van der Waals surface area contributed by atoms with Crippen molar-refractivity contribution in [2.24, 2.45) is 17.8 Å². The Hall–Kier alpha value is -2.88. The lowest BCUT2D eigenvalue weighted by atomic mass is 9.85. The Morgan fingerprint density at radius 3 is 2.34 bits per heavy atom. The van der Waals surface area contributed by atoms with Crippen LogP contribution in [0.4, 0.5) is 0 Å². The van der Waals surface area contributed by atoms with Gasteiger partial charge in [0, 0.05) is 31.8 Å². The van der Waals surface area contributed by atoms with Gasteiger partial charge in [-0.1, -0.05) is 34.1 Å². The van der Waals surface area contributed by atoms with Crippen LogP contribution in [0.3, 0.4) is 0 Å². The quantitative estimate of drug-likeness (QED) is 0.254. The molecule has 194 valence electrons. The van der Waals surface area contributed by atoms with Crippen molar-refractivity contribution in [3.05, 3.63) is 23.5 Å². The number of ether oxygens (including phenoxy) is 6. The van der Waals surface area contributed by atoms with E-state index in [0.29, 0.717) is 11.1 Å². The van der Waals surface area contributed by atoms with Gasteiger partial charge in [-0.3, -0.25) is 14.4 Å². The minimum Gasteiger partial charge on any atom is -0.461 e. The van der Waals surface area contributed by atoms with Crippen molar-refractivity contribution in [1.82, 2.24) is 0 Å². The molecule has 1 spiro atoms. The van der Waals surface area contributed by atoms with E-state index in [2.05, 4.69) is 0 Å². The molecular formula is C25H34O10. The molecule has 2 heterocycles. The molecule has 0 aromatic carbocycles. The summed E-state index contributed by atoms with van der Waals surface area (Å²) in [5, 5.41) is 0. The Labute approximate surface area is 204 Å². The highest BCUT2D eigenvalue weighted by Gasteiger charge is 2.67. The lowest BCUT2D eigenvalue weighted by Crippen LogP contribution is -2.44. The van der Waals surface area contributed by atoms with Crippen LogP contribution in [0.5, 0.6) is 0 Å². The smallest absolute Gasteiger partial charge is 0.348 e. The first-order valence-corrected chi connectivity index (χ1v) is 11.9. The van der Waals surface area contributed by atoms with Gasteiger partial charge in [0.15, 0.2) is 6.10 Å². The molecule has 2 aliphatic heterocycles. The lowest BCUT2D eigenvalue weighted by molar-refractivity contribution is -0.186. The fourth-order valence-electron chi connectivity index (χ4n) is 4.25. The largest absolute Gasteiger partial charge is 0.461 e. The summed E-state index contributed by atoms with van der Waals surface area (Å²) in [5.41, 5.74) is 0.250. The second-order valence-corrected chi connectivity index (χ2v) is 9.61. The Kier molecular flexibility index (Phi) is 8.25. The summed E-state index contributed by atoms with van der Waals surface area (Å²) < 4.78 is 33.2. The molecule has 1 fully saturated rings. The average Bonchev–Trinajstić information content (AvgIpc) is 3.50. The summed E-state index contributed by atoms with van der Waals surface area (Å²) >= 11 is 0. The van der Waals surface area contributed by atoms with E-state index in [0.717, 1.165) is 6.42 Å². The third-order valence-electron chi connectivity index (χ3n) is 6.39. The highest BCUT2D eigenvalue weighted by molar-refractivity contribution is 5.79. The number of carbonyl (C=O) groups is 4. The topological polar surface area (TPSA) is 127 Å². The summed E-state index contributed by atoms with van der Waals surface area (Å²) in [4.78, 5) is 48.2. The fourth-order valence-corrected chi connectivity index (χ4v) is 4.25. The molecule has 1 aliphatic carbocycles. The van der Waals surface area contributed by atoms with Gasteiger partial charge in [-0.25, -0.2) is 4.79 Å². The normalized spacial score (nSPS) is 28.1. The fraction of sp³-hybridized carbons (Fsp3) is 0.680. The number of carbonyl (C=O) groups excluding carboxylic acids is 4. The Morgan fingerprint density at radius 1 is 1.11 bits per heavy atom. The van der Waals surface area contributed by atoms with Crippen LogP contribution in [-0.4, -0.2) is 61.2 Å². The van der Waals surface area contributed by atoms with Gasteiger partial charge in [-0.15, -0.1) is 0 Å². The number of esters is 4. The minimum absolute atomic E-state index is 0.154. The van der Waals surface area contributed by atoms with Crippen LogP contribution in [0, 0.1) is 17.8 Å². The van der Waals surface area contributed by atoms with E-state index in [1.54, 1.807) is 19.9 Å². The van der Waals surface area contributed by atoms with Crippen molar-refractivity contribution < 1.29 is 47.6 Å². The van der Waals surface area contributed by atoms with Crippen molar-refractivity contribution in [1.29, 1.82) is 0 Å². The second-order valence-electron chi connectivity index (χ2n) is 9.61. The zero-order valence-corrected chi connectivity index (χ0v) is 21.0. The molecule has 1 saturated heterocycles. The maximum absolute atomic E-state index is 12.6. The summed E-state index contributed by atoms with van der Waals surface area (Å²) in [6.45, 7) is 10.1. The van der Waals surface area contributed by atoms with E-state index in [1.807, 2.05) is 13.8 Å². The highest BCUT2D eigenvalue weighted by atomic mass is 16.7. The molecule has 0 saturated carbocycles. The molecule has 6 atom stereocenters. The zero-order chi connectivity index (χ0) is 25.9. The second kappa shape index (κ2) is 10.8. The highest BCUT2D eigenvalue weighted by Crippen LogP contribution is 2.54. The van der Waals surface area contributed by atoms with Gasteiger partial charge in [-0.2, -0.15) is 0 Å². The predicted molar refractivity (Wildman–Crippen MR) is 120 cm³/mol. The molecule has 3 rings (SSSR count). The van der Waals surface area contributed by atoms with Gasteiger partial charge in [0.25, 0.3) is 6.29 Å². The lowest BCUT2D eigenvalue weighted by Gasteiger charge is -2.33. The van der Waals surface area contributed by atoms with Crippen molar-refractivity contribution in [3.63, 3.8) is 0 Å². The van der Waals surface area contributed by atoms with Crippen LogP contribution in [0.1, 0.15) is 54.4 Å². The van der Waals surface area contributed by atoms with Crippen LogP contribution in [0.15, 0.2) is 23.5 Å². The maximum atomic E-state index is 12.6. The third-order valence-corrected chi connectivity index (χ3v) is 6.39. The molecular weight excluding hydrogens is 460 g/mol. The van der Waals surface area contributed by atoms with Crippen molar-refractivity contribution >= 4 is 23.9 Å². The maximum Gasteiger partial charge on any atom is 0.348 e. The van der Waals surface area contributed by atoms with Crippen LogP contribution in [0.25, 0.3) is 0 Å². The number of hydrogen-bond acceptors (Lipinski definition) is 10. The Bertz CT molecular complexity index is 913. The summed E-state index contributed by atoms with van der Waals surface area (Å²) in [7, 11) is 0. The minimum atomic E-state index is -1.05. The number of epoxide rings is 1. The Balaban J connectivity index is 1.79. The SMILES string of the molecule is CCC(C)CC(=O)O[C@@H]1OC=C(COC(=O)C(OC(C)=O)C(C)C)C2=C[C@H](OC(C)=O)[C@]3(CO3)[C@H]21. The van der Waals surface area contributed by atoms with E-state index >= 15 is 0 Å². The Morgan fingerprint density at radius 2 is 1.80 bits per heavy atom. The first kappa shape index (κ1) is 26.7. The van der Waals surface area contributed by atoms with E-state index in [1.165, 1.54) is 20.1 Å². The van der Waals surface area contributed by atoms with Crippen molar-refractivity contribution in [2.75, 3.05) is 13.2 Å². The van der Waals surface area contributed by atoms with Crippen LogP contribution >= 0.6 is 0 Å². The number of rotatable bonds is 10. The first-order chi connectivity index (χ1) is 16.5. The summed E-state index contributed by atoms with van der Waals surface area (Å²) in [6, 6.07) is 0. The van der Waals surface area contributed by atoms with Crippen molar-refractivity contribution in [2.45, 2.75) is 78.5 Å². The molecule has 0 aromatic heterocycles. The molecule has 35 heavy (non-hydrogen) atoms. The van der Waals surface area contributed by atoms with Crippen LogP contribution < -0.4 is 0 Å². The van der Waals surface area contributed by atoms with Gasteiger partial charge >= 0.3 is 23.9 Å². The summed E-state index contributed by atoms with van der Waals surface area (Å²) in [5.74, 6) is -2.86. The van der Waals surface area contributed by atoms with E-state index in [-0.39, 0.29) is 31.5 Å². The van der Waals surface area contributed by atoms with Gasteiger partial charge in [0.2, 0.25) is 6.10 Å². The van der Waals surface area contributed by atoms with Crippen LogP contribution in [-0.2, 0) is 47.6 Å². The van der Waals surface area contributed by atoms with Gasteiger partial charge < -0.3 is 28.4 Å². The van der Waals surface area contributed by atoms with E-state index in [9.17, 15) is 19.2 Å². The van der Waals surface area contributed by atoms with E-state index < -0.39 is 53.9 Å². The van der Waals surface area contributed by atoms with Gasteiger partial charge in [-0.05, 0) is 17.6 Å². The van der Waals surface area contributed by atoms with Gasteiger partial charge in [0.1, 0.15) is 12.2 Å². The monoisotopic (exact) mass is 494 g/mol. The van der Waals surface area contributed by atoms with Crippen molar-refractivity contribution in [3.8, 4) is 0 Å². The summed E-state index contributed by atoms with van der Waals surface area (Å²) in [6.07, 6.45) is 1.43. The number of fused-ring (bicyclic) bond motifs is 2. The van der Waals surface area contributed by atoms with Crippen LogP contribution in [0.2, 0.25) is 0 Å². The standard InChI is InChI=1S/C25H34O10/c1-7-14(4)8-20(28)35-24-21-18(9-19(33-15(5)26)25(21)12-32-25)17(11-31-24)10-30-23(29)22(13(2)3)34-16(6)27/h9,11,13-14,19,21-22,24H,7-8,10,12H2,1-6H3/t14?,19-,21+,22?,24-,25+/m0/s1. The third kappa shape index (κ3) is 6.04. The zero-order valence-electron chi connectivity index (χ0n) is 21.0. The predicted octanol–water partition coefficient (Wildman–Crippen LogP) is 2.59. The molecule has 0 bridgehead atoms. The molecule has 10 heteroatoms. The van der Waals surface area contributed by atoms with Gasteiger partial charge in [0.05, 0.1) is 18.8 Å². The molecule has 0 radical (unpaired) electrons. The molecule has 0 amide bonds. The first-order valence-electron chi connectivity index (χ1n) is 11.9. The average molecular weight is 495 g/mol. The molecule has 0 N–H and O–H groups in total. The molecule has 10 nitrogen and oxygen atoms in total. The number of hydrogen-bond donors (Lipinski definition) is 0. The van der Waals surface area contributed by atoms with E-state index in [4.69, 9.17) is 28.4 Å². The molecule has 3 aliphatic rings.